The Labute approximate surface area is 323 Å². The summed E-state index contributed by atoms with van der Waals surface area (Å²) >= 11 is 0. The van der Waals surface area contributed by atoms with Gasteiger partial charge in [-0.15, -0.1) is 0 Å². The highest BCUT2D eigenvalue weighted by molar-refractivity contribution is 5.68. The molecule has 10 nitrogen and oxygen atoms in total. The van der Waals surface area contributed by atoms with Crippen molar-refractivity contribution in [3.05, 3.63) is 12.2 Å². The molecule has 304 valence electrons. The quantitative estimate of drug-likeness (QED) is 0.0835. The summed E-state index contributed by atoms with van der Waals surface area (Å²) in [5.41, 5.74) is 2.80. The first-order valence-corrected chi connectivity index (χ1v) is 20.9. The van der Waals surface area contributed by atoms with E-state index in [0.717, 1.165) is 31.1 Å². The molecule has 0 radical (unpaired) electrons. The van der Waals surface area contributed by atoms with Gasteiger partial charge in [0.15, 0.2) is 24.6 Å². The van der Waals surface area contributed by atoms with Gasteiger partial charge in [-0.25, -0.2) is 0 Å². The van der Waals surface area contributed by atoms with E-state index in [-0.39, 0.29) is 18.6 Å². The van der Waals surface area contributed by atoms with Crippen LogP contribution in [0.4, 0.5) is 0 Å². The first-order valence-electron chi connectivity index (χ1n) is 20.9. The number of hydrogen-bond acceptors (Lipinski definition) is 10. The molecular formula is C44H68O10. The van der Waals surface area contributed by atoms with Crippen molar-refractivity contribution in [2.24, 2.45) is 57.2 Å². The molecule has 15 unspecified atom stereocenters. The predicted molar refractivity (Wildman–Crippen MR) is 201 cm³/mol. The first kappa shape index (κ1) is 41.2. The lowest BCUT2D eigenvalue weighted by atomic mass is 9.43. The zero-order chi connectivity index (χ0) is 39.5. The normalized spacial score (nSPS) is 44.1. The van der Waals surface area contributed by atoms with Gasteiger partial charge >= 0.3 is 23.9 Å². The van der Waals surface area contributed by atoms with E-state index in [1.54, 1.807) is 0 Å². The van der Waals surface area contributed by atoms with Gasteiger partial charge in [0.2, 0.25) is 0 Å². The second-order valence-corrected chi connectivity index (χ2v) is 19.2. The van der Waals surface area contributed by atoms with Gasteiger partial charge in [0.05, 0.1) is 6.10 Å². The standard InChI is InChI=1S/C44H68O10/c1-24(2)25(3)12-13-26(4)32-16-18-42(11)36-15-14-33-27(5)34(17-19-43(33)23-44(36,43)21-20-41(32,42)10)53-40-39(52-31(9)48)38(51-30(8)47)37(50-29(7)46)35(54-40)22-49-28(6)45/h24,26-27,32-40H,3,12-23H2,1-2,4-11H3. The fourth-order valence-electron chi connectivity index (χ4n) is 13.5. The third kappa shape index (κ3) is 6.96. The number of fused-ring (bicyclic) bond motifs is 2. The monoisotopic (exact) mass is 756 g/mol. The number of allylic oxidation sites excluding steroid dienone is 1. The summed E-state index contributed by atoms with van der Waals surface area (Å²) in [6.07, 6.45) is 7.37. The van der Waals surface area contributed by atoms with Gasteiger partial charge in [-0.05, 0) is 128 Å². The maximum atomic E-state index is 12.5. The van der Waals surface area contributed by atoms with E-state index in [4.69, 9.17) is 28.4 Å². The Hall–Kier alpha value is -2.46. The zero-order valence-corrected chi connectivity index (χ0v) is 34.7. The molecule has 10 heteroatoms. The number of carbonyl (C=O) groups excluding carboxylic acids is 4. The van der Waals surface area contributed by atoms with Crippen LogP contribution in [-0.2, 0) is 47.6 Å². The van der Waals surface area contributed by atoms with Crippen LogP contribution in [0, 0.1) is 57.2 Å². The van der Waals surface area contributed by atoms with Gasteiger partial charge in [-0.3, -0.25) is 19.2 Å². The summed E-state index contributed by atoms with van der Waals surface area (Å²) in [6, 6.07) is 0. The van der Waals surface area contributed by atoms with Crippen LogP contribution in [-0.4, -0.2) is 67.3 Å². The van der Waals surface area contributed by atoms with Crippen LogP contribution in [0.25, 0.3) is 0 Å². The highest BCUT2D eigenvalue weighted by Gasteiger charge is 2.81. The fourth-order valence-corrected chi connectivity index (χ4v) is 13.5. The van der Waals surface area contributed by atoms with Crippen molar-refractivity contribution in [3.63, 3.8) is 0 Å². The molecule has 6 aliphatic rings. The van der Waals surface area contributed by atoms with Gasteiger partial charge in [-0.2, -0.15) is 0 Å². The summed E-state index contributed by atoms with van der Waals surface area (Å²) < 4.78 is 35.5. The number of esters is 4. The number of rotatable bonds is 12. The molecule has 5 aliphatic carbocycles. The molecule has 1 heterocycles. The van der Waals surface area contributed by atoms with E-state index in [1.165, 1.54) is 84.6 Å². The largest absolute Gasteiger partial charge is 0.463 e. The van der Waals surface area contributed by atoms with E-state index < -0.39 is 54.6 Å². The molecule has 0 bridgehead atoms. The lowest BCUT2D eigenvalue weighted by Crippen LogP contribution is -2.63. The molecule has 0 aromatic heterocycles. The molecule has 0 aromatic rings. The number of hydrogen-bond donors (Lipinski definition) is 0. The van der Waals surface area contributed by atoms with Crippen molar-refractivity contribution < 1.29 is 47.6 Å². The Bertz CT molecular complexity index is 1470. The molecule has 6 fully saturated rings. The minimum absolute atomic E-state index is 0.197. The fraction of sp³-hybridized carbons (Fsp3) is 0.864. The average Bonchev–Trinajstić information content (AvgIpc) is 3.67. The molecule has 0 amide bonds. The third-order valence-corrected chi connectivity index (χ3v) is 16.4. The zero-order valence-electron chi connectivity index (χ0n) is 34.7. The molecule has 6 rings (SSSR count). The Morgan fingerprint density at radius 1 is 0.759 bits per heavy atom. The van der Waals surface area contributed by atoms with Crippen molar-refractivity contribution in [1.29, 1.82) is 0 Å². The Morgan fingerprint density at radius 3 is 2.04 bits per heavy atom. The SMILES string of the molecule is C=C(CCC(C)C1CCC2(C)C3CCC4C(C)C(OC5OC(COC(C)=O)C(OC(C)=O)C(OC(C)=O)C5OC(C)=O)CCC45CC35CCC12C)C(C)C. The Kier molecular flexibility index (Phi) is 11.5. The van der Waals surface area contributed by atoms with Gasteiger partial charge in [0.1, 0.15) is 12.7 Å². The van der Waals surface area contributed by atoms with Gasteiger partial charge in [0, 0.05) is 27.7 Å². The van der Waals surface area contributed by atoms with Crippen LogP contribution in [0.3, 0.4) is 0 Å². The van der Waals surface area contributed by atoms with Crippen molar-refractivity contribution in [2.45, 2.75) is 177 Å². The summed E-state index contributed by atoms with van der Waals surface area (Å²) in [6.45, 7) is 23.8. The van der Waals surface area contributed by atoms with Crippen LogP contribution in [0.1, 0.15) is 140 Å². The number of ether oxygens (including phenoxy) is 6. The highest BCUT2D eigenvalue weighted by atomic mass is 16.7. The van der Waals surface area contributed by atoms with Gasteiger partial charge < -0.3 is 28.4 Å². The molecule has 1 aliphatic heterocycles. The second-order valence-electron chi connectivity index (χ2n) is 19.2. The highest BCUT2D eigenvalue weighted by Crippen LogP contribution is 2.88. The summed E-state index contributed by atoms with van der Waals surface area (Å²) in [7, 11) is 0. The molecule has 1 saturated heterocycles. The van der Waals surface area contributed by atoms with Crippen LogP contribution >= 0.6 is 0 Å². The van der Waals surface area contributed by atoms with Crippen LogP contribution < -0.4 is 0 Å². The van der Waals surface area contributed by atoms with Crippen molar-refractivity contribution in [3.8, 4) is 0 Å². The average molecular weight is 757 g/mol. The summed E-state index contributed by atoms with van der Waals surface area (Å²) in [4.78, 5) is 48.9. The Balaban J connectivity index is 1.20. The van der Waals surface area contributed by atoms with Crippen molar-refractivity contribution in [2.75, 3.05) is 6.61 Å². The van der Waals surface area contributed by atoms with Crippen molar-refractivity contribution in [1.82, 2.24) is 0 Å². The first-order chi connectivity index (χ1) is 25.3. The molecule has 0 N–H and O–H groups in total. The minimum Gasteiger partial charge on any atom is -0.463 e. The number of carbonyl (C=O) groups is 4. The Morgan fingerprint density at radius 2 is 1.41 bits per heavy atom. The molecular weight excluding hydrogens is 688 g/mol. The van der Waals surface area contributed by atoms with Gasteiger partial charge in [-0.1, -0.05) is 53.7 Å². The van der Waals surface area contributed by atoms with E-state index in [1.807, 2.05) is 0 Å². The lowest BCUT2D eigenvalue weighted by Gasteiger charge is -2.62. The van der Waals surface area contributed by atoms with E-state index in [2.05, 4.69) is 48.1 Å². The van der Waals surface area contributed by atoms with E-state index in [0.29, 0.717) is 39.4 Å². The maximum Gasteiger partial charge on any atom is 0.303 e. The second kappa shape index (κ2) is 15.1. The van der Waals surface area contributed by atoms with Crippen LogP contribution in [0.2, 0.25) is 0 Å². The molecule has 2 spiro atoms. The van der Waals surface area contributed by atoms with Crippen LogP contribution in [0.5, 0.6) is 0 Å². The lowest BCUT2D eigenvalue weighted by molar-refractivity contribution is -0.324. The topological polar surface area (TPSA) is 124 Å². The third-order valence-electron chi connectivity index (χ3n) is 16.4. The molecule has 54 heavy (non-hydrogen) atoms. The minimum atomic E-state index is -1.23. The molecule has 15 atom stereocenters. The predicted octanol–water partition coefficient (Wildman–Crippen LogP) is 8.13. The summed E-state index contributed by atoms with van der Waals surface area (Å²) in [5.74, 6) is 1.01. The summed E-state index contributed by atoms with van der Waals surface area (Å²) in [5, 5.41) is 0. The van der Waals surface area contributed by atoms with Crippen LogP contribution in [0.15, 0.2) is 12.2 Å². The van der Waals surface area contributed by atoms with E-state index >= 15 is 0 Å². The van der Waals surface area contributed by atoms with E-state index in [9.17, 15) is 19.2 Å². The molecule has 5 saturated carbocycles. The van der Waals surface area contributed by atoms with Crippen molar-refractivity contribution >= 4 is 23.9 Å². The molecule has 0 aromatic carbocycles. The van der Waals surface area contributed by atoms with Gasteiger partial charge in [0.25, 0.3) is 0 Å². The smallest absolute Gasteiger partial charge is 0.303 e. The maximum absolute atomic E-state index is 12.5.